The van der Waals surface area contributed by atoms with E-state index in [1.807, 2.05) is 4.90 Å². The maximum Gasteiger partial charge on any atom is 0.337 e. The first-order valence-electron chi connectivity index (χ1n) is 9.36. The topological polar surface area (TPSA) is 97.0 Å². The number of benzene rings is 1. The molecule has 0 spiro atoms. The van der Waals surface area contributed by atoms with E-state index in [1.165, 1.54) is 13.5 Å². The maximum absolute atomic E-state index is 12.2. The number of urea groups is 1. The molecule has 1 fully saturated rings. The zero-order valence-electron chi connectivity index (χ0n) is 16.1. The van der Waals surface area contributed by atoms with Crippen molar-refractivity contribution in [1.82, 2.24) is 15.5 Å². The van der Waals surface area contributed by atoms with Gasteiger partial charge in [0.1, 0.15) is 5.75 Å². The van der Waals surface area contributed by atoms with Crippen molar-refractivity contribution in [2.24, 2.45) is 0 Å². The summed E-state index contributed by atoms with van der Waals surface area (Å²) in [6.07, 6.45) is 3.25. The Bertz CT molecular complexity index is 782. The summed E-state index contributed by atoms with van der Waals surface area (Å²) in [5.74, 6) is 0.0260. The molecule has 2 heterocycles. The summed E-state index contributed by atoms with van der Waals surface area (Å²) >= 11 is 0. The number of hydrogen-bond donors (Lipinski definition) is 2. The van der Waals surface area contributed by atoms with Crippen LogP contribution in [0.25, 0.3) is 0 Å². The fourth-order valence-corrected chi connectivity index (χ4v) is 3.46. The van der Waals surface area contributed by atoms with Crippen LogP contribution in [-0.4, -0.2) is 49.6 Å². The Morgan fingerprint density at radius 2 is 1.82 bits per heavy atom. The quantitative estimate of drug-likeness (QED) is 0.752. The molecule has 2 aliphatic heterocycles. The number of nitrogens with zero attached hydrogens (tertiary/aromatic N) is 1. The minimum atomic E-state index is -0.620. The second kappa shape index (κ2) is 8.77. The van der Waals surface area contributed by atoms with Gasteiger partial charge in [-0.3, -0.25) is 4.79 Å². The first-order valence-corrected chi connectivity index (χ1v) is 9.36. The van der Waals surface area contributed by atoms with Gasteiger partial charge >= 0.3 is 12.0 Å². The highest BCUT2D eigenvalue weighted by molar-refractivity contribution is 5.94. The molecule has 0 radical (unpaired) electrons. The third-order valence-electron chi connectivity index (χ3n) is 4.96. The van der Waals surface area contributed by atoms with Crippen LogP contribution in [0.1, 0.15) is 37.8 Å². The molecule has 2 aliphatic rings. The van der Waals surface area contributed by atoms with Crippen LogP contribution in [0.5, 0.6) is 5.75 Å². The first kappa shape index (κ1) is 19.7. The van der Waals surface area contributed by atoms with Gasteiger partial charge in [0.2, 0.25) is 0 Å². The van der Waals surface area contributed by atoms with E-state index in [2.05, 4.69) is 10.6 Å². The van der Waals surface area contributed by atoms with E-state index in [0.717, 1.165) is 25.9 Å². The molecule has 8 nitrogen and oxygen atoms in total. The van der Waals surface area contributed by atoms with E-state index in [9.17, 15) is 14.4 Å². The van der Waals surface area contributed by atoms with E-state index < -0.39 is 12.0 Å². The molecule has 1 saturated heterocycles. The number of methoxy groups -OCH3 is 1. The molecular formula is C20H25N3O5. The van der Waals surface area contributed by atoms with Crippen molar-refractivity contribution in [2.45, 2.75) is 32.2 Å². The third kappa shape index (κ3) is 4.44. The summed E-state index contributed by atoms with van der Waals surface area (Å²) in [7, 11) is 1.30. The summed E-state index contributed by atoms with van der Waals surface area (Å²) in [6.45, 7) is 3.23. The van der Waals surface area contributed by atoms with Crippen LogP contribution in [0.4, 0.5) is 4.79 Å². The van der Waals surface area contributed by atoms with Gasteiger partial charge in [0.15, 0.2) is 6.61 Å². The summed E-state index contributed by atoms with van der Waals surface area (Å²) in [5, 5.41) is 5.31. The number of ether oxygens (including phenoxy) is 2. The molecule has 3 amide bonds. The molecule has 150 valence electrons. The lowest BCUT2D eigenvalue weighted by Gasteiger charge is -2.28. The number of piperidine rings is 1. The minimum absolute atomic E-state index is 0.00411. The predicted octanol–water partition coefficient (Wildman–Crippen LogP) is 1.88. The van der Waals surface area contributed by atoms with Gasteiger partial charge in [0.25, 0.3) is 5.91 Å². The second-order valence-corrected chi connectivity index (χ2v) is 6.86. The van der Waals surface area contributed by atoms with Gasteiger partial charge in [0, 0.05) is 18.8 Å². The lowest BCUT2D eigenvalue weighted by Crippen LogP contribution is -2.45. The predicted molar refractivity (Wildman–Crippen MR) is 101 cm³/mol. The van der Waals surface area contributed by atoms with E-state index in [1.54, 1.807) is 31.2 Å². The molecule has 0 aromatic heterocycles. The van der Waals surface area contributed by atoms with Crippen LogP contribution < -0.4 is 15.4 Å². The Labute approximate surface area is 163 Å². The molecule has 28 heavy (non-hydrogen) atoms. The van der Waals surface area contributed by atoms with Crippen molar-refractivity contribution < 1.29 is 23.9 Å². The standard InChI is InChI=1S/C20H25N3O5/c1-13-17(19(25)27-2)18(22-20(26)21-13)14-6-8-15(9-7-14)28-12-16(24)23-10-4-3-5-11-23/h6-9,18H,3-5,10-12H2,1-2H3,(H2,21,22,26)/t18-/m1/s1. The molecule has 2 N–H and O–H groups in total. The summed E-state index contributed by atoms with van der Waals surface area (Å²) in [5.41, 5.74) is 1.51. The monoisotopic (exact) mass is 387 g/mol. The van der Waals surface area contributed by atoms with Crippen LogP contribution >= 0.6 is 0 Å². The van der Waals surface area contributed by atoms with Gasteiger partial charge in [-0.15, -0.1) is 0 Å². The average molecular weight is 387 g/mol. The summed E-state index contributed by atoms with van der Waals surface area (Å²) in [6, 6.07) is 5.95. The number of esters is 1. The fraction of sp³-hybridized carbons (Fsp3) is 0.450. The highest BCUT2D eigenvalue weighted by Gasteiger charge is 2.31. The highest BCUT2D eigenvalue weighted by atomic mass is 16.5. The van der Waals surface area contributed by atoms with E-state index >= 15 is 0 Å². The van der Waals surface area contributed by atoms with Gasteiger partial charge in [-0.1, -0.05) is 12.1 Å². The zero-order chi connectivity index (χ0) is 20.1. The molecule has 0 aliphatic carbocycles. The van der Waals surface area contributed by atoms with Crippen LogP contribution in [0.3, 0.4) is 0 Å². The van der Waals surface area contributed by atoms with Gasteiger partial charge in [0.05, 0.1) is 18.7 Å². The van der Waals surface area contributed by atoms with Crippen molar-refractivity contribution in [3.05, 3.63) is 41.1 Å². The van der Waals surface area contributed by atoms with Crippen molar-refractivity contribution in [2.75, 3.05) is 26.8 Å². The van der Waals surface area contributed by atoms with Crippen molar-refractivity contribution in [3.8, 4) is 5.75 Å². The van der Waals surface area contributed by atoms with E-state index in [0.29, 0.717) is 22.6 Å². The molecule has 0 saturated carbocycles. The first-order chi connectivity index (χ1) is 13.5. The van der Waals surface area contributed by atoms with Crippen molar-refractivity contribution in [3.63, 3.8) is 0 Å². The highest BCUT2D eigenvalue weighted by Crippen LogP contribution is 2.28. The third-order valence-corrected chi connectivity index (χ3v) is 4.96. The number of rotatable bonds is 5. The fourth-order valence-electron chi connectivity index (χ4n) is 3.46. The molecule has 0 bridgehead atoms. The second-order valence-electron chi connectivity index (χ2n) is 6.86. The van der Waals surface area contributed by atoms with Gasteiger partial charge < -0.3 is 25.0 Å². The van der Waals surface area contributed by atoms with Crippen LogP contribution in [0.2, 0.25) is 0 Å². The van der Waals surface area contributed by atoms with E-state index in [4.69, 9.17) is 9.47 Å². The number of amides is 3. The van der Waals surface area contributed by atoms with E-state index in [-0.39, 0.29) is 18.5 Å². The molecule has 3 rings (SSSR count). The molecule has 1 aromatic rings. The van der Waals surface area contributed by atoms with Crippen LogP contribution in [0.15, 0.2) is 35.5 Å². The summed E-state index contributed by atoms with van der Waals surface area (Å²) < 4.78 is 10.4. The minimum Gasteiger partial charge on any atom is -0.484 e. The number of hydrogen-bond acceptors (Lipinski definition) is 5. The van der Waals surface area contributed by atoms with Gasteiger partial charge in [-0.05, 0) is 43.9 Å². The molecule has 1 atom stereocenters. The Hall–Kier alpha value is -3.03. The van der Waals surface area contributed by atoms with Crippen LogP contribution in [0, 0.1) is 0 Å². The Morgan fingerprint density at radius 3 is 2.46 bits per heavy atom. The maximum atomic E-state index is 12.2. The van der Waals surface area contributed by atoms with Crippen molar-refractivity contribution in [1.29, 1.82) is 0 Å². The Kier molecular flexibility index (Phi) is 6.18. The SMILES string of the molecule is COC(=O)C1=C(C)NC(=O)N[C@@H]1c1ccc(OCC(=O)N2CCCCC2)cc1. The average Bonchev–Trinajstić information content (AvgIpc) is 2.72. The van der Waals surface area contributed by atoms with Crippen LogP contribution in [-0.2, 0) is 14.3 Å². The van der Waals surface area contributed by atoms with Gasteiger partial charge in [-0.2, -0.15) is 0 Å². The Morgan fingerprint density at radius 1 is 1.14 bits per heavy atom. The number of likely N-dealkylation sites (tertiary alicyclic amines) is 1. The number of carbonyl (C=O) groups excluding carboxylic acids is 3. The normalized spacial score (nSPS) is 19.6. The Balaban J connectivity index is 1.67. The lowest BCUT2D eigenvalue weighted by atomic mass is 9.95. The molecular weight excluding hydrogens is 362 g/mol. The number of allylic oxidation sites excluding steroid dienone is 1. The molecule has 1 aromatic carbocycles. The number of carbonyl (C=O) groups is 3. The van der Waals surface area contributed by atoms with Gasteiger partial charge in [-0.25, -0.2) is 9.59 Å². The largest absolute Gasteiger partial charge is 0.484 e. The molecule has 8 heteroatoms. The number of nitrogens with one attached hydrogen (secondary N) is 2. The smallest absolute Gasteiger partial charge is 0.337 e. The summed E-state index contributed by atoms with van der Waals surface area (Å²) in [4.78, 5) is 38.0. The zero-order valence-corrected chi connectivity index (χ0v) is 16.1. The van der Waals surface area contributed by atoms with Crippen molar-refractivity contribution >= 4 is 17.9 Å². The molecule has 0 unspecified atom stereocenters. The lowest BCUT2D eigenvalue weighted by molar-refractivity contribution is -0.136.